The van der Waals surface area contributed by atoms with Gasteiger partial charge < -0.3 is 11.1 Å². The minimum absolute atomic E-state index is 0.0541. The Morgan fingerprint density at radius 3 is 2.57 bits per heavy atom. The molecule has 3 N–H and O–H groups in total. The van der Waals surface area contributed by atoms with Gasteiger partial charge in [-0.1, -0.05) is 19.1 Å². The number of rotatable bonds is 6. The van der Waals surface area contributed by atoms with E-state index in [1.165, 1.54) is 0 Å². The van der Waals surface area contributed by atoms with Crippen LogP contribution in [0.1, 0.15) is 20.3 Å². The van der Waals surface area contributed by atoms with E-state index in [-0.39, 0.29) is 22.9 Å². The van der Waals surface area contributed by atoms with Crippen LogP contribution in [0.4, 0.5) is 0 Å². The van der Waals surface area contributed by atoms with E-state index in [9.17, 15) is 4.79 Å². The number of amides is 1. The maximum absolute atomic E-state index is 11.6. The Morgan fingerprint density at radius 1 is 1.64 bits per heavy atom. The van der Waals surface area contributed by atoms with E-state index in [2.05, 4.69) is 5.32 Å². The van der Waals surface area contributed by atoms with Crippen LogP contribution in [0.3, 0.4) is 0 Å². The smallest absolute Gasteiger partial charge is 0.230 e. The molecule has 0 saturated heterocycles. The first-order valence-corrected chi connectivity index (χ1v) is 6.41. The maximum Gasteiger partial charge on any atom is 0.230 e. The first-order valence-electron chi connectivity index (χ1n) is 4.61. The van der Waals surface area contributed by atoms with Crippen molar-refractivity contribution in [2.75, 3.05) is 12.0 Å². The van der Waals surface area contributed by atoms with Gasteiger partial charge in [-0.25, -0.2) is 0 Å². The van der Waals surface area contributed by atoms with Crippen LogP contribution in [-0.2, 0) is 4.79 Å². The second kappa shape index (κ2) is 7.06. The molecule has 0 aromatic carbocycles. The number of thiocarbonyl (C=S) groups is 1. The number of nitrogens with two attached hydrogens (primary N) is 1. The monoisotopic (exact) mass is 234 g/mol. The van der Waals surface area contributed by atoms with Gasteiger partial charge in [0.05, 0.1) is 10.9 Å². The Labute approximate surface area is 95.2 Å². The third-order valence-electron chi connectivity index (χ3n) is 1.87. The van der Waals surface area contributed by atoms with E-state index in [0.29, 0.717) is 6.42 Å². The lowest BCUT2D eigenvalue weighted by Gasteiger charge is -2.17. The molecular formula is C9H18N2OS2. The first kappa shape index (κ1) is 13.7. The zero-order chi connectivity index (χ0) is 11.1. The lowest BCUT2D eigenvalue weighted by Crippen LogP contribution is -2.42. The summed E-state index contributed by atoms with van der Waals surface area (Å²) in [5.41, 5.74) is 5.46. The van der Waals surface area contributed by atoms with Gasteiger partial charge in [-0.3, -0.25) is 4.79 Å². The van der Waals surface area contributed by atoms with Crippen molar-refractivity contribution in [3.8, 4) is 0 Å². The van der Waals surface area contributed by atoms with Crippen LogP contribution in [0, 0.1) is 5.92 Å². The van der Waals surface area contributed by atoms with Crippen LogP contribution >= 0.6 is 24.0 Å². The highest BCUT2D eigenvalue weighted by molar-refractivity contribution is 7.98. The van der Waals surface area contributed by atoms with Crippen molar-refractivity contribution in [2.24, 2.45) is 11.7 Å². The third kappa shape index (κ3) is 4.81. The van der Waals surface area contributed by atoms with Gasteiger partial charge in [0, 0.05) is 11.8 Å². The Hall–Kier alpha value is -0.290. The number of carbonyl (C=O) groups excluding carboxylic acids is 1. The molecule has 0 aromatic rings. The molecule has 0 heterocycles. The summed E-state index contributed by atoms with van der Waals surface area (Å²) >= 11 is 6.52. The largest absolute Gasteiger partial charge is 0.393 e. The second-order valence-corrected chi connectivity index (χ2v) is 4.61. The number of thioether (sulfide) groups is 1. The molecule has 14 heavy (non-hydrogen) atoms. The van der Waals surface area contributed by atoms with Crippen LogP contribution in [0.2, 0.25) is 0 Å². The Morgan fingerprint density at radius 2 is 2.21 bits per heavy atom. The number of carbonyl (C=O) groups is 1. The summed E-state index contributed by atoms with van der Waals surface area (Å²) in [6.07, 6.45) is 2.67. The van der Waals surface area contributed by atoms with Crippen LogP contribution < -0.4 is 11.1 Å². The standard InChI is InChI=1S/C9H18N2OS2/c1-4-7(8(10)13)9(12)11-6(2)5-14-3/h6-7H,4-5H2,1-3H3,(H2,10,13)(H,11,12). The SMILES string of the molecule is CCC(C(=O)NC(C)CSC)C(N)=S. The minimum atomic E-state index is -0.325. The number of hydrogen-bond acceptors (Lipinski definition) is 3. The van der Waals surface area contributed by atoms with Crippen LogP contribution in [0.25, 0.3) is 0 Å². The van der Waals surface area contributed by atoms with Crippen LogP contribution in [-0.4, -0.2) is 28.9 Å². The van der Waals surface area contributed by atoms with E-state index >= 15 is 0 Å². The van der Waals surface area contributed by atoms with E-state index in [4.69, 9.17) is 18.0 Å². The van der Waals surface area contributed by atoms with Crippen molar-refractivity contribution in [3.05, 3.63) is 0 Å². The fraction of sp³-hybridized carbons (Fsp3) is 0.778. The van der Waals surface area contributed by atoms with Gasteiger partial charge in [0.25, 0.3) is 0 Å². The van der Waals surface area contributed by atoms with Crippen LogP contribution in [0.5, 0.6) is 0 Å². The molecule has 0 rings (SSSR count). The average molecular weight is 234 g/mol. The Kier molecular flexibility index (Phi) is 6.92. The highest BCUT2D eigenvalue weighted by Gasteiger charge is 2.20. The molecule has 0 aliphatic rings. The fourth-order valence-corrected chi connectivity index (χ4v) is 2.01. The molecule has 0 radical (unpaired) electrons. The van der Waals surface area contributed by atoms with Crippen molar-refractivity contribution in [3.63, 3.8) is 0 Å². The normalized spacial score (nSPS) is 14.5. The molecule has 0 bridgehead atoms. The molecular weight excluding hydrogens is 216 g/mol. The van der Waals surface area contributed by atoms with E-state index in [1.54, 1.807) is 11.8 Å². The molecule has 0 aliphatic carbocycles. The highest BCUT2D eigenvalue weighted by Crippen LogP contribution is 2.04. The quantitative estimate of drug-likeness (QED) is 0.677. The molecule has 0 saturated carbocycles. The van der Waals surface area contributed by atoms with Crippen molar-refractivity contribution >= 4 is 34.9 Å². The van der Waals surface area contributed by atoms with E-state index < -0.39 is 0 Å². The summed E-state index contributed by atoms with van der Waals surface area (Å²) in [6.45, 7) is 3.88. The first-order chi connectivity index (χ1) is 6.52. The second-order valence-electron chi connectivity index (χ2n) is 3.23. The number of nitrogens with one attached hydrogen (secondary N) is 1. The predicted octanol–water partition coefficient (Wildman–Crippen LogP) is 1.17. The van der Waals surface area contributed by atoms with E-state index in [1.807, 2.05) is 20.1 Å². The molecule has 2 unspecified atom stereocenters. The topological polar surface area (TPSA) is 55.1 Å². The summed E-state index contributed by atoms with van der Waals surface area (Å²) in [5, 5.41) is 2.89. The fourth-order valence-electron chi connectivity index (χ4n) is 1.15. The van der Waals surface area contributed by atoms with E-state index in [0.717, 1.165) is 5.75 Å². The van der Waals surface area contributed by atoms with Gasteiger partial charge in [-0.2, -0.15) is 11.8 Å². The molecule has 5 heteroatoms. The predicted molar refractivity (Wildman–Crippen MR) is 66.6 cm³/mol. The summed E-state index contributed by atoms with van der Waals surface area (Å²) in [6, 6.07) is 0.167. The average Bonchev–Trinajstić information content (AvgIpc) is 2.04. The van der Waals surface area contributed by atoms with Gasteiger partial charge in [0.2, 0.25) is 5.91 Å². The summed E-state index contributed by atoms with van der Waals surface area (Å²) in [5.74, 6) is 0.523. The van der Waals surface area contributed by atoms with Gasteiger partial charge >= 0.3 is 0 Å². The van der Waals surface area contributed by atoms with Crippen molar-refractivity contribution < 1.29 is 4.79 Å². The molecule has 1 amide bonds. The zero-order valence-corrected chi connectivity index (χ0v) is 10.5. The molecule has 0 aliphatic heterocycles. The molecule has 3 nitrogen and oxygen atoms in total. The Bertz CT molecular complexity index is 209. The van der Waals surface area contributed by atoms with Crippen molar-refractivity contribution in [1.29, 1.82) is 0 Å². The molecule has 0 spiro atoms. The lowest BCUT2D eigenvalue weighted by atomic mass is 10.1. The molecule has 82 valence electrons. The van der Waals surface area contributed by atoms with Gasteiger partial charge in [0.15, 0.2) is 0 Å². The molecule has 0 aromatic heterocycles. The Balaban J connectivity index is 4.10. The summed E-state index contributed by atoms with van der Waals surface area (Å²) in [7, 11) is 0. The highest BCUT2D eigenvalue weighted by atomic mass is 32.2. The third-order valence-corrected chi connectivity index (χ3v) is 2.99. The maximum atomic E-state index is 11.6. The lowest BCUT2D eigenvalue weighted by molar-refractivity contribution is -0.123. The zero-order valence-electron chi connectivity index (χ0n) is 8.87. The van der Waals surface area contributed by atoms with Gasteiger partial charge in [-0.15, -0.1) is 0 Å². The summed E-state index contributed by atoms with van der Waals surface area (Å²) < 4.78 is 0. The van der Waals surface area contributed by atoms with Crippen molar-refractivity contribution in [1.82, 2.24) is 5.32 Å². The number of hydrogen-bond donors (Lipinski definition) is 2. The van der Waals surface area contributed by atoms with Crippen molar-refractivity contribution in [2.45, 2.75) is 26.3 Å². The van der Waals surface area contributed by atoms with Gasteiger partial charge in [-0.05, 0) is 19.6 Å². The van der Waals surface area contributed by atoms with Gasteiger partial charge in [0.1, 0.15) is 0 Å². The minimum Gasteiger partial charge on any atom is -0.393 e. The van der Waals surface area contributed by atoms with Crippen LogP contribution in [0.15, 0.2) is 0 Å². The summed E-state index contributed by atoms with van der Waals surface area (Å²) in [4.78, 5) is 11.9. The molecule has 2 atom stereocenters. The molecule has 0 fully saturated rings.